The van der Waals surface area contributed by atoms with Crippen molar-refractivity contribution in [1.29, 1.82) is 0 Å². The lowest BCUT2D eigenvalue weighted by atomic mass is 9.41. The molecule has 6 aromatic rings. The number of fused-ring (bicyclic) bond motifs is 6. The second kappa shape index (κ2) is 12.2. The fourth-order valence-corrected chi connectivity index (χ4v) is 13.9. The van der Waals surface area contributed by atoms with E-state index in [1.54, 1.807) is 0 Å². The highest BCUT2D eigenvalue weighted by Crippen LogP contribution is 2.69. The predicted octanol–water partition coefficient (Wildman–Crippen LogP) is 15.3. The smallest absolute Gasteiger partial charge is 0.133 e. The lowest BCUT2D eigenvalue weighted by molar-refractivity contribution is -0.0452. The fraction of sp³-hybridized carbons (Fsp3) is 0.368. The first-order valence-electron chi connectivity index (χ1n) is 22.6. The maximum Gasteiger partial charge on any atom is 0.133 e. The summed E-state index contributed by atoms with van der Waals surface area (Å²) in [5.41, 5.74) is 17.6. The van der Waals surface area contributed by atoms with E-state index in [1.807, 2.05) is 0 Å². The SMILES string of the molecule is CC1(C)CCC(C)(C)c2cc(N(c3ccc4c(c3)Oc3ccc(-c5ccccc5)cc3C43C4CC5CC(C4)CC3C5)c3ccc4c(c3)C(C)(C)c3ccccc3-4)ccc21. The maximum absolute atomic E-state index is 7.24. The van der Waals surface area contributed by atoms with Crippen LogP contribution < -0.4 is 9.64 Å². The average molecular weight is 772 g/mol. The Morgan fingerprint density at radius 3 is 1.76 bits per heavy atom. The number of nitrogens with zero attached hydrogens (tertiary/aromatic N) is 1. The van der Waals surface area contributed by atoms with Crippen molar-refractivity contribution in [2.24, 2.45) is 23.7 Å². The molecule has 0 saturated heterocycles. The summed E-state index contributed by atoms with van der Waals surface area (Å²) in [5, 5.41) is 0. The highest BCUT2D eigenvalue weighted by molar-refractivity contribution is 5.86. The van der Waals surface area contributed by atoms with Crippen molar-refractivity contribution >= 4 is 17.1 Å². The molecule has 1 heterocycles. The first-order chi connectivity index (χ1) is 28.4. The summed E-state index contributed by atoms with van der Waals surface area (Å²) < 4.78 is 7.24. The lowest BCUT2D eigenvalue weighted by Gasteiger charge is -2.63. The van der Waals surface area contributed by atoms with Gasteiger partial charge in [-0.15, -0.1) is 0 Å². The molecule has 59 heavy (non-hydrogen) atoms. The van der Waals surface area contributed by atoms with Crippen molar-refractivity contribution in [3.8, 4) is 33.8 Å². The molecule has 13 rings (SSSR count). The summed E-state index contributed by atoms with van der Waals surface area (Å²) in [4.78, 5) is 2.54. The molecule has 0 atom stereocenters. The van der Waals surface area contributed by atoms with E-state index in [1.165, 1.54) is 112 Å². The van der Waals surface area contributed by atoms with Gasteiger partial charge in [0.1, 0.15) is 11.5 Å². The molecule has 6 aromatic carbocycles. The largest absolute Gasteiger partial charge is 0.457 e. The third-order valence-corrected chi connectivity index (χ3v) is 16.8. The van der Waals surface area contributed by atoms with Crippen molar-refractivity contribution in [3.05, 3.63) is 161 Å². The van der Waals surface area contributed by atoms with Gasteiger partial charge in [-0.1, -0.05) is 120 Å². The molecule has 0 unspecified atom stereocenters. The minimum atomic E-state index is -0.0946. The molecule has 0 amide bonds. The van der Waals surface area contributed by atoms with Crippen LogP contribution in [0.15, 0.2) is 127 Å². The Hall–Kier alpha value is -5.08. The zero-order valence-electron chi connectivity index (χ0n) is 35.7. The molecule has 2 nitrogen and oxygen atoms in total. The molecule has 4 bridgehead atoms. The fourth-order valence-electron chi connectivity index (χ4n) is 13.9. The molecule has 4 saturated carbocycles. The minimum absolute atomic E-state index is 0.0325. The maximum atomic E-state index is 7.24. The predicted molar refractivity (Wildman–Crippen MR) is 244 cm³/mol. The Kier molecular flexibility index (Phi) is 7.44. The Labute approximate surface area is 351 Å². The molecule has 1 aliphatic heterocycles. The zero-order chi connectivity index (χ0) is 40.1. The molecule has 0 aromatic heterocycles. The van der Waals surface area contributed by atoms with Crippen molar-refractivity contribution in [3.63, 3.8) is 0 Å². The van der Waals surface area contributed by atoms with Crippen LogP contribution in [0.2, 0.25) is 0 Å². The molecule has 296 valence electrons. The summed E-state index contributed by atoms with van der Waals surface area (Å²) in [6.07, 6.45) is 9.18. The van der Waals surface area contributed by atoms with E-state index < -0.39 is 0 Å². The number of ether oxygens (including phenoxy) is 1. The number of hydrogen-bond donors (Lipinski definition) is 0. The highest BCUT2D eigenvalue weighted by atomic mass is 16.5. The van der Waals surface area contributed by atoms with E-state index in [9.17, 15) is 0 Å². The molecule has 0 N–H and O–H groups in total. The molecule has 2 heteroatoms. The van der Waals surface area contributed by atoms with Crippen LogP contribution in [-0.2, 0) is 21.7 Å². The van der Waals surface area contributed by atoms with Crippen molar-refractivity contribution in [2.45, 2.75) is 108 Å². The third kappa shape index (κ3) is 5.04. The van der Waals surface area contributed by atoms with E-state index in [2.05, 4.69) is 174 Å². The van der Waals surface area contributed by atoms with Gasteiger partial charge in [-0.3, -0.25) is 0 Å². The third-order valence-electron chi connectivity index (χ3n) is 16.8. The van der Waals surface area contributed by atoms with E-state index in [4.69, 9.17) is 4.74 Å². The second-order valence-corrected chi connectivity index (χ2v) is 21.3. The van der Waals surface area contributed by atoms with Gasteiger partial charge in [0.25, 0.3) is 0 Å². The Balaban J connectivity index is 1.05. The normalized spacial score (nSPS) is 26.6. The first kappa shape index (κ1) is 35.8. The second-order valence-electron chi connectivity index (χ2n) is 21.3. The van der Waals surface area contributed by atoms with Crippen LogP contribution in [0.3, 0.4) is 0 Å². The quantitative estimate of drug-likeness (QED) is 0.177. The van der Waals surface area contributed by atoms with E-state index in [-0.39, 0.29) is 21.7 Å². The molecular formula is C57H57NO. The molecule has 4 fully saturated rings. The van der Waals surface area contributed by atoms with Crippen LogP contribution in [0.1, 0.15) is 120 Å². The molecule has 0 radical (unpaired) electrons. The number of benzene rings is 6. The van der Waals surface area contributed by atoms with Crippen molar-refractivity contribution in [2.75, 3.05) is 4.90 Å². The summed E-state index contributed by atoms with van der Waals surface area (Å²) in [7, 11) is 0. The standard InChI is InChI=1S/C57H57NO/c1-54(2)24-25-55(3,4)50-33-42(18-21-47(50)54)58(41-17-20-45-44-14-10-11-15-46(44)56(5,6)49(45)32-41)43-19-22-48-53(34-43)59-52-23-16-38(37-12-8-7-9-13-37)31-51(52)57(48)39-27-35-26-36(29-39)30-40(57)28-35/h7-23,31-36,39-40H,24-30H2,1-6H3. The summed E-state index contributed by atoms with van der Waals surface area (Å²) in [6, 6.07) is 49.1. The Morgan fingerprint density at radius 2 is 1.03 bits per heavy atom. The average Bonchev–Trinajstić information content (AvgIpc) is 3.46. The molecule has 6 aliphatic carbocycles. The summed E-state index contributed by atoms with van der Waals surface area (Å²) in [5.74, 6) is 5.13. The van der Waals surface area contributed by atoms with Crippen molar-refractivity contribution < 1.29 is 4.74 Å². The van der Waals surface area contributed by atoms with Crippen LogP contribution in [0.5, 0.6) is 11.5 Å². The van der Waals surface area contributed by atoms with Gasteiger partial charge in [-0.25, -0.2) is 0 Å². The van der Waals surface area contributed by atoms with Crippen molar-refractivity contribution in [1.82, 2.24) is 0 Å². The summed E-state index contributed by atoms with van der Waals surface area (Å²) >= 11 is 0. The van der Waals surface area contributed by atoms with Crippen LogP contribution in [0.25, 0.3) is 22.3 Å². The molecular weight excluding hydrogens is 715 g/mol. The van der Waals surface area contributed by atoms with Crippen LogP contribution >= 0.6 is 0 Å². The van der Waals surface area contributed by atoms with Gasteiger partial charge in [0, 0.05) is 45.1 Å². The van der Waals surface area contributed by atoms with Gasteiger partial charge in [0.2, 0.25) is 0 Å². The van der Waals surface area contributed by atoms with E-state index >= 15 is 0 Å². The van der Waals surface area contributed by atoms with Gasteiger partial charge >= 0.3 is 0 Å². The van der Waals surface area contributed by atoms with Gasteiger partial charge in [-0.05, 0) is 166 Å². The lowest BCUT2D eigenvalue weighted by Crippen LogP contribution is -2.57. The molecule has 7 aliphatic rings. The van der Waals surface area contributed by atoms with E-state index in [0.29, 0.717) is 11.8 Å². The van der Waals surface area contributed by atoms with Gasteiger partial charge in [0.05, 0.1) is 0 Å². The van der Waals surface area contributed by atoms with Crippen LogP contribution in [0.4, 0.5) is 17.1 Å². The van der Waals surface area contributed by atoms with E-state index in [0.717, 1.165) is 29.0 Å². The van der Waals surface area contributed by atoms with Gasteiger partial charge < -0.3 is 9.64 Å². The Bertz CT molecular complexity index is 2670. The number of rotatable bonds is 4. The van der Waals surface area contributed by atoms with Gasteiger partial charge in [-0.2, -0.15) is 0 Å². The zero-order valence-corrected chi connectivity index (χ0v) is 35.7. The minimum Gasteiger partial charge on any atom is -0.457 e. The first-order valence-corrected chi connectivity index (χ1v) is 22.6. The number of anilines is 3. The topological polar surface area (TPSA) is 12.5 Å². The van der Waals surface area contributed by atoms with Crippen LogP contribution in [-0.4, -0.2) is 0 Å². The molecule has 1 spiro atoms. The van der Waals surface area contributed by atoms with Gasteiger partial charge in [0.15, 0.2) is 0 Å². The highest BCUT2D eigenvalue weighted by Gasteiger charge is 2.61. The Morgan fingerprint density at radius 1 is 0.441 bits per heavy atom. The monoisotopic (exact) mass is 771 g/mol. The number of hydrogen-bond acceptors (Lipinski definition) is 2. The summed E-state index contributed by atoms with van der Waals surface area (Å²) in [6.45, 7) is 14.5. The van der Waals surface area contributed by atoms with Crippen LogP contribution in [0, 0.1) is 23.7 Å².